The zero-order valence-electron chi connectivity index (χ0n) is 8.01. The Morgan fingerprint density at radius 3 is 2.75 bits per heavy atom. The van der Waals surface area contributed by atoms with Gasteiger partial charge in [-0.2, -0.15) is 13.2 Å². The number of nitrogen functional groups attached to an aromatic ring is 1. The number of thioether (sulfide) groups is 1. The Morgan fingerprint density at radius 2 is 2.19 bits per heavy atom. The second kappa shape index (κ2) is 5.62. The summed E-state index contributed by atoms with van der Waals surface area (Å²) in [5, 5.41) is 2.78. The van der Waals surface area contributed by atoms with Gasteiger partial charge in [-0.3, -0.25) is 0 Å². The molecule has 0 aliphatic heterocycles. The van der Waals surface area contributed by atoms with Crippen LogP contribution in [-0.2, 0) is 0 Å². The number of anilines is 2. The minimum atomic E-state index is -4.19. The number of alkyl halides is 3. The number of pyridine rings is 1. The summed E-state index contributed by atoms with van der Waals surface area (Å²) in [4.78, 5) is 3.94. The average molecular weight is 316 g/mol. The van der Waals surface area contributed by atoms with Crippen LogP contribution < -0.4 is 11.1 Å². The molecule has 3 N–H and O–H groups in total. The molecule has 90 valence electrons. The largest absolute Gasteiger partial charge is 0.441 e. The van der Waals surface area contributed by atoms with Crippen LogP contribution in [0.3, 0.4) is 0 Å². The van der Waals surface area contributed by atoms with Gasteiger partial charge in [0.2, 0.25) is 0 Å². The van der Waals surface area contributed by atoms with Crippen LogP contribution in [-0.4, -0.2) is 22.8 Å². The van der Waals surface area contributed by atoms with Gasteiger partial charge in [-0.15, -0.1) is 0 Å². The van der Waals surface area contributed by atoms with Crippen molar-refractivity contribution >= 4 is 39.2 Å². The predicted octanol–water partition coefficient (Wildman–Crippen LogP) is 3.09. The van der Waals surface area contributed by atoms with Crippen molar-refractivity contribution in [3.05, 3.63) is 16.7 Å². The van der Waals surface area contributed by atoms with Crippen LogP contribution in [0.15, 0.2) is 16.7 Å². The van der Waals surface area contributed by atoms with Gasteiger partial charge in [-0.1, -0.05) is 0 Å². The van der Waals surface area contributed by atoms with Gasteiger partial charge < -0.3 is 11.1 Å². The maximum atomic E-state index is 11.8. The molecular formula is C8H9BrF3N3S. The Bertz CT molecular complexity index is 359. The van der Waals surface area contributed by atoms with Gasteiger partial charge in [0.1, 0.15) is 5.82 Å². The summed E-state index contributed by atoms with van der Waals surface area (Å²) < 4.78 is 36.1. The minimum Gasteiger partial charge on any atom is -0.397 e. The van der Waals surface area contributed by atoms with Gasteiger partial charge in [0.25, 0.3) is 0 Å². The molecule has 0 saturated carbocycles. The van der Waals surface area contributed by atoms with E-state index < -0.39 is 5.51 Å². The van der Waals surface area contributed by atoms with Crippen LogP contribution >= 0.6 is 27.7 Å². The Labute approximate surface area is 103 Å². The van der Waals surface area contributed by atoms with Crippen molar-refractivity contribution in [2.75, 3.05) is 23.3 Å². The number of halogens is 4. The SMILES string of the molecule is Nc1cnc(NCCSC(F)(F)F)c(Br)c1. The van der Waals surface area contributed by atoms with Crippen LogP contribution in [0.4, 0.5) is 24.7 Å². The molecule has 0 fully saturated rings. The van der Waals surface area contributed by atoms with Gasteiger partial charge in [0, 0.05) is 12.3 Å². The van der Waals surface area contributed by atoms with Crippen molar-refractivity contribution in [2.45, 2.75) is 5.51 Å². The molecule has 1 rings (SSSR count). The number of nitrogens with two attached hydrogens (primary N) is 1. The topological polar surface area (TPSA) is 50.9 Å². The molecule has 0 spiro atoms. The van der Waals surface area contributed by atoms with E-state index in [-0.39, 0.29) is 24.1 Å². The molecule has 3 nitrogen and oxygen atoms in total. The zero-order valence-corrected chi connectivity index (χ0v) is 10.4. The van der Waals surface area contributed by atoms with Crippen molar-refractivity contribution in [3.8, 4) is 0 Å². The van der Waals surface area contributed by atoms with E-state index in [1.54, 1.807) is 6.07 Å². The summed E-state index contributed by atoms with van der Waals surface area (Å²) in [6.45, 7) is 0.180. The van der Waals surface area contributed by atoms with Crippen molar-refractivity contribution in [2.24, 2.45) is 0 Å². The van der Waals surface area contributed by atoms with E-state index in [9.17, 15) is 13.2 Å². The van der Waals surface area contributed by atoms with Crippen molar-refractivity contribution in [1.29, 1.82) is 0 Å². The maximum Gasteiger partial charge on any atom is 0.441 e. The summed E-state index contributed by atoms with van der Waals surface area (Å²) in [5.74, 6) is 0.416. The van der Waals surface area contributed by atoms with Crippen LogP contribution in [0.25, 0.3) is 0 Å². The Kier molecular flexibility index (Phi) is 4.72. The number of nitrogens with one attached hydrogen (secondary N) is 1. The number of hydrogen-bond acceptors (Lipinski definition) is 4. The first kappa shape index (κ1) is 13.4. The predicted molar refractivity (Wildman–Crippen MR) is 63.4 cm³/mol. The molecule has 16 heavy (non-hydrogen) atoms. The van der Waals surface area contributed by atoms with E-state index in [0.717, 1.165) is 0 Å². The molecule has 0 unspecified atom stereocenters. The number of rotatable bonds is 4. The normalized spacial score (nSPS) is 11.5. The molecule has 0 aliphatic rings. The van der Waals surface area contributed by atoms with Gasteiger partial charge in [0.15, 0.2) is 0 Å². The van der Waals surface area contributed by atoms with Gasteiger partial charge >= 0.3 is 5.51 Å². The fraction of sp³-hybridized carbons (Fsp3) is 0.375. The molecule has 1 aromatic heterocycles. The van der Waals surface area contributed by atoms with Crippen LogP contribution in [0.2, 0.25) is 0 Å². The highest BCUT2D eigenvalue weighted by Crippen LogP contribution is 2.30. The molecule has 0 aliphatic carbocycles. The maximum absolute atomic E-state index is 11.8. The first-order valence-corrected chi connectivity index (χ1v) is 6.02. The summed E-state index contributed by atoms with van der Waals surface area (Å²) >= 11 is 3.14. The third kappa shape index (κ3) is 4.93. The monoisotopic (exact) mass is 315 g/mol. The fourth-order valence-electron chi connectivity index (χ4n) is 0.919. The van der Waals surface area contributed by atoms with Crippen LogP contribution in [0.1, 0.15) is 0 Å². The quantitative estimate of drug-likeness (QED) is 0.838. The van der Waals surface area contributed by atoms with Gasteiger partial charge in [-0.25, -0.2) is 4.98 Å². The summed E-state index contributed by atoms with van der Waals surface area (Å²) in [6, 6.07) is 1.63. The molecular weight excluding hydrogens is 307 g/mol. The van der Waals surface area contributed by atoms with Crippen molar-refractivity contribution in [3.63, 3.8) is 0 Å². The molecule has 1 aromatic rings. The standard InChI is InChI=1S/C8H9BrF3N3S/c9-6-3-5(13)4-15-7(6)14-1-2-16-8(10,11)12/h3-4H,1-2,13H2,(H,14,15). The summed E-state index contributed by atoms with van der Waals surface area (Å²) in [6.07, 6.45) is 1.43. The number of hydrogen-bond donors (Lipinski definition) is 2. The summed E-state index contributed by atoms with van der Waals surface area (Å²) in [7, 11) is 0. The van der Waals surface area contributed by atoms with E-state index in [4.69, 9.17) is 5.73 Å². The highest BCUT2D eigenvalue weighted by atomic mass is 79.9. The molecule has 0 amide bonds. The van der Waals surface area contributed by atoms with Crippen molar-refractivity contribution < 1.29 is 13.2 Å². The lowest BCUT2D eigenvalue weighted by molar-refractivity contribution is -0.0327. The fourth-order valence-corrected chi connectivity index (χ4v) is 1.86. The molecule has 1 heterocycles. The Hall–Kier alpha value is -0.630. The minimum absolute atomic E-state index is 0.0675. The first-order chi connectivity index (χ1) is 7.38. The lowest BCUT2D eigenvalue weighted by Gasteiger charge is -2.08. The third-order valence-electron chi connectivity index (χ3n) is 1.52. The van der Waals surface area contributed by atoms with E-state index in [0.29, 0.717) is 16.0 Å². The second-order valence-corrected chi connectivity index (χ2v) is 4.83. The van der Waals surface area contributed by atoms with E-state index in [2.05, 4.69) is 26.2 Å². The smallest absolute Gasteiger partial charge is 0.397 e. The zero-order chi connectivity index (χ0) is 12.2. The van der Waals surface area contributed by atoms with E-state index in [1.807, 2.05) is 0 Å². The van der Waals surface area contributed by atoms with E-state index in [1.165, 1.54) is 6.20 Å². The van der Waals surface area contributed by atoms with Crippen LogP contribution in [0, 0.1) is 0 Å². The molecule has 0 aromatic carbocycles. The van der Waals surface area contributed by atoms with Crippen LogP contribution in [0.5, 0.6) is 0 Å². The Balaban J connectivity index is 2.38. The first-order valence-electron chi connectivity index (χ1n) is 4.24. The molecule has 0 bridgehead atoms. The highest BCUT2D eigenvalue weighted by Gasteiger charge is 2.27. The average Bonchev–Trinajstić information content (AvgIpc) is 2.13. The van der Waals surface area contributed by atoms with E-state index >= 15 is 0 Å². The molecule has 0 saturated heterocycles. The number of nitrogens with zero attached hydrogens (tertiary/aromatic N) is 1. The summed E-state index contributed by atoms with van der Waals surface area (Å²) in [5.41, 5.74) is 1.77. The second-order valence-electron chi connectivity index (χ2n) is 2.82. The highest BCUT2D eigenvalue weighted by molar-refractivity contribution is 9.10. The molecule has 8 heteroatoms. The molecule has 0 atom stereocenters. The molecule has 0 radical (unpaired) electrons. The Morgan fingerprint density at radius 1 is 1.50 bits per heavy atom. The lowest BCUT2D eigenvalue weighted by Crippen LogP contribution is -2.10. The lowest BCUT2D eigenvalue weighted by atomic mass is 10.4. The van der Waals surface area contributed by atoms with Gasteiger partial charge in [0.05, 0.1) is 16.4 Å². The van der Waals surface area contributed by atoms with Gasteiger partial charge in [-0.05, 0) is 33.8 Å². The number of aromatic nitrogens is 1. The third-order valence-corrected chi connectivity index (χ3v) is 2.86. The van der Waals surface area contributed by atoms with Crippen molar-refractivity contribution in [1.82, 2.24) is 4.98 Å².